The number of thiazole rings is 1. The molecule has 1 aromatic heterocycles. The Morgan fingerprint density at radius 2 is 2.20 bits per heavy atom. The van der Waals surface area contributed by atoms with Crippen LogP contribution >= 0.6 is 11.3 Å². The number of aryl methyl sites for hydroxylation is 1. The Morgan fingerprint density at radius 3 is 2.90 bits per heavy atom. The van der Waals surface area contributed by atoms with Crippen LogP contribution in [0, 0.1) is 6.92 Å². The quantitative estimate of drug-likeness (QED) is 0.846. The minimum Gasteiger partial charge on any atom is -0.493 e. The lowest BCUT2D eigenvalue weighted by molar-refractivity contribution is 0.322. The second kappa shape index (κ2) is 7.41. The third-order valence-electron chi connectivity index (χ3n) is 3.06. The Hall–Kier alpha value is -1.39. The minimum atomic E-state index is 0.494. The van der Waals surface area contributed by atoms with E-state index in [1.165, 1.54) is 10.4 Å². The second-order valence-electron chi connectivity index (χ2n) is 5.14. The van der Waals surface area contributed by atoms with Crippen LogP contribution in [0.15, 0.2) is 29.8 Å². The van der Waals surface area contributed by atoms with E-state index in [2.05, 4.69) is 36.3 Å². The molecule has 0 unspecified atom stereocenters. The van der Waals surface area contributed by atoms with Crippen molar-refractivity contribution in [3.05, 3.63) is 45.9 Å². The molecule has 0 radical (unpaired) electrons. The highest BCUT2D eigenvalue weighted by atomic mass is 32.1. The van der Waals surface area contributed by atoms with Gasteiger partial charge in [-0.1, -0.05) is 26.0 Å². The summed E-state index contributed by atoms with van der Waals surface area (Å²) in [6.45, 7) is 7.92. The van der Waals surface area contributed by atoms with Crippen LogP contribution in [-0.2, 0) is 13.0 Å². The van der Waals surface area contributed by atoms with Gasteiger partial charge in [-0.3, -0.25) is 0 Å². The van der Waals surface area contributed by atoms with Gasteiger partial charge in [-0.15, -0.1) is 11.3 Å². The van der Waals surface area contributed by atoms with Gasteiger partial charge in [0.05, 0.1) is 17.8 Å². The molecule has 0 aliphatic heterocycles. The molecule has 0 saturated heterocycles. The van der Waals surface area contributed by atoms with Crippen molar-refractivity contribution in [2.75, 3.05) is 6.61 Å². The molecule has 2 rings (SSSR count). The van der Waals surface area contributed by atoms with Gasteiger partial charge in [0.25, 0.3) is 0 Å². The Morgan fingerprint density at radius 1 is 1.35 bits per heavy atom. The topological polar surface area (TPSA) is 34.1 Å². The van der Waals surface area contributed by atoms with E-state index in [1.807, 2.05) is 24.6 Å². The first-order chi connectivity index (χ1) is 9.65. The largest absolute Gasteiger partial charge is 0.493 e. The zero-order chi connectivity index (χ0) is 14.4. The number of benzene rings is 1. The molecule has 0 atom stereocenters. The van der Waals surface area contributed by atoms with E-state index in [1.54, 1.807) is 11.3 Å². The summed E-state index contributed by atoms with van der Waals surface area (Å²) in [5, 5.41) is 3.41. The molecule has 2 aromatic rings. The molecule has 1 N–H and O–H groups in total. The third kappa shape index (κ3) is 4.62. The first-order valence-electron chi connectivity index (χ1n) is 6.99. The van der Waals surface area contributed by atoms with Crippen molar-refractivity contribution in [2.45, 2.75) is 39.8 Å². The molecule has 0 saturated carbocycles. The molecule has 1 aromatic carbocycles. The summed E-state index contributed by atoms with van der Waals surface area (Å²) < 4.78 is 5.83. The fourth-order valence-corrected chi connectivity index (χ4v) is 2.66. The average Bonchev–Trinajstić information content (AvgIpc) is 2.83. The first-order valence-corrected chi connectivity index (χ1v) is 7.87. The molecule has 1 heterocycles. The third-order valence-corrected chi connectivity index (χ3v) is 4.05. The molecule has 0 aliphatic rings. The maximum Gasteiger partial charge on any atom is 0.119 e. The lowest BCUT2D eigenvalue weighted by Crippen LogP contribution is -2.21. The maximum atomic E-state index is 5.83. The van der Waals surface area contributed by atoms with E-state index in [-0.39, 0.29) is 0 Å². The van der Waals surface area contributed by atoms with Crippen LogP contribution in [0.2, 0.25) is 0 Å². The van der Waals surface area contributed by atoms with Gasteiger partial charge in [0.1, 0.15) is 5.75 Å². The van der Waals surface area contributed by atoms with Crippen LogP contribution in [0.1, 0.15) is 30.0 Å². The van der Waals surface area contributed by atoms with Gasteiger partial charge in [0, 0.05) is 23.9 Å². The van der Waals surface area contributed by atoms with E-state index in [0.717, 1.165) is 24.4 Å². The molecule has 0 aliphatic carbocycles. The summed E-state index contributed by atoms with van der Waals surface area (Å²) in [7, 11) is 0. The normalized spacial score (nSPS) is 11.0. The highest BCUT2D eigenvalue weighted by Crippen LogP contribution is 2.16. The lowest BCUT2D eigenvalue weighted by atomic mass is 10.2. The van der Waals surface area contributed by atoms with Gasteiger partial charge in [-0.05, 0) is 24.6 Å². The predicted molar refractivity (Wildman–Crippen MR) is 84.5 cm³/mol. The van der Waals surface area contributed by atoms with Crippen molar-refractivity contribution in [3.63, 3.8) is 0 Å². The summed E-state index contributed by atoms with van der Waals surface area (Å²) in [6, 6.07) is 8.78. The van der Waals surface area contributed by atoms with E-state index < -0.39 is 0 Å². The number of hydrogen-bond donors (Lipinski definition) is 1. The molecule has 0 fully saturated rings. The zero-order valence-corrected chi connectivity index (χ0v) is 13.2. The number of ether oxygens (including phenoxy) is 1. The molecule has 4 heteroatoms. The number of hydrogen-bond acceptors (Lipinski definition) is 4. The zero-order valence-electron chi connectivity index (χ0n) is 12.3. The van der Waals surface area contributed by atoms with Crippen LogP contribution < -0.4 is 10.1 Å². The van der Waals surface area contributed by atoms with Crippen LogP contribution in [0.25, 0.3) is 0 Å². The van der Waals surface area contributed by atoms with Gasteiger partial charge in [-0.25, -0.2) is 4.98 Å². The standard InChI is InChI=1S/C16H22N2OS/c1-12(2)17-10-14-5-4-6-15(9-14)19-8-7-16-13(3)18-11-20-16/h4-6,9,11-12,17H,7-8,10H2,1-3H3. The van der Waals surface area contributed by atoms with E-state index in [9.17, 15) is 0 Å². The van der Waals surface area contributed by atoms with Crippen molar-refractivity contribution < 1.29 is 4.74 Å². The van der Waals surface area contributed by atoms with Crippen molar-refractivity contribution >= 4 is 11.3 Å². The monoisotopic (exact) mass is 290 g/mol. The van der Waals surface area contributed by atoms with Crippen molar-refractivity contribution in [1.82, 2.24) is 10.3 Å². The summed E-state index contributed by atoms with van der Waals surface area (Å²) in [4.78, 5) is 5.56. The average molecular weight is 290 g/mol. The Kier molecular flexibility index (Phi) is 5.56. The van der Waals surface area contributed by atoms with Gasteiger partial charge >= 0.3 is 0 Å². The summed E-state index contributed by atoms with van der Waals surface area (Å²) in [6.07, 6.45) is 0.922. The van der Waals surface area contributed by atoms with Crippen molar-refractivity contribution in [3.8, 4) is 5.75 Å². The SMILES string of the molecule is Cc1ncsc1CCOc1cccc(CNC(C)C)c1. The van der Waals surface area contributed by atoms with Crippen molar-refractivity contribution in [1.29, 1.82) is 0 Å². The fraction of sp³-hybridized carbons (Fsp3) is 0.438. The molecular weight excluding hydrogens is 268 g/mol. The highest BCUT2D eigenvalue weighted by molar-refractivity contribution is 7.09. The summed E-state index contributed by atoms with van der Waals surface area (Å²) in [5.41, 5.74) is 4.27. The Balaban J connectivity index is 1.83. The molecule has 108 valence electrons. The van der Waals surface area contributed by atoms with Crippen LogP contribution in [0.4, 0.5) is 0 Å². The molecular formula is C16H22N2OS. The molecule has 0 spiro atoms. The van der Waals surface area contributed by atoms with Crippen LogP contribution in [0.3, 0.4) is 0 Å². The first kappa shape index (κ1) is 15.0. The van der Waals surface area contributed by atoms with Crippen LogP contribution in [0.5, 0.6) is 5.75 Å². The number of rotatable bonds is 7. The molecule has 0 amide bonds. The van der Waals surface area contributed by atoms with Crippen LogP contribution in [-0.4, -0.2) is 17.6 Å². The molecule has 20 heavy (non-hydrogen) atoms. The molecule has 0 bridgehead atoms. The molecule has 3 nitrogen and oxygen atoms in total. The predicted octanol–water partition coefficient (Wildman–Crippen LogP) is 3.57. The van der Waals surface area contributed by atoms with E-state index in [0.29, 0.717) is 12.6 Å². The summed E-state index contributed by atoms with van der Waals surface area (Å²) >= 11 is 1.70. The second-order valence-corrected chi connectivity index (χ2v) is 6.08. The minimum absolute atomic E-state index is 0.494. The fourth-order valence-electron chi connectivity index (χ4n) is 1.89. The lowest BCUT2D eigenvalue weighted by Gasteiger charge is -2.10. The number of nitrogens with one attached hydrogen (secondary N) is 1. The van der Waals surface area contributed by atoms with Gasteiger partial charge in [0.15, 0.2) is 0 Å². The van der Waals surface area contributed by atoms with E-state index in [4.69, 9.17) is 4.74 Å². The van der Waals surface area contributed by atoms with Gasteiger partial charge < -0.3 is 10.1 Å². The highest BCUT2D eigenvalue weighted by Gasteiger charge is 2.02. The number of aromatic nitrogens is 1. The Bertz CT molecular complexity index is 537. The Labute approximate surface area is 125 Å². The maximum absolute atomic E-state index is 5.83. The smallest absolute Gasteiger partial charge is 0.119 e. The number of nitrogens with zero attached hydrogens (tertiary/aromatic N) is 1. The van der Waals surface area contributed by atoms with Gasteiger partial charge in [0.2, 0.25) is 0 Å². The van der Waals surface area contributed by atoms with E-state index >= 15 is 0 Å². The van der Waals surface area contributed by atoms with Crippen molar-refractivity contribution in [2.24, 2.45) is 0 Å². The van der Waals surface area contributed by atoms with Gasteiger partial charge in [-0.2, -0.15) is 0 Å². The summed E-state index contributed by atoms with van der Waals surface area (Å²) in [5.74, 6) is 0.940.